The van der Waals surface area contributed by atoms with E-state index in [4.69, 9.17) is 22.1 Å². The lowest BCUT2D eigenvalue weighted by Crippen LogP contribution is -2.47. The molecule has 10 heteroatoms. The smallest absolute Gasteiger partial charge is 0.273 e. The van der Waals surface area contributed by atoms with Crippen LogP contribution in [0.1, 0.15) is 53.1 Å². The van der Waals surface area contributed by atoms with Crippen LogP contribution in [0.3, 0.4) is 0 Å². The van der Waals surface area contributed by atoms with Gasteiger partial charge in [-0.25, -0.2) is 4.98 Å². The molecular formula is C23H28ClN5O4. The van der Waals surface area contributed by atoms with Gasteiger partial charge < -0.3 is 25.3 Å². The number of para-hydroxylation sites is 1. The topological polar surface area (TPSA) is 122 Å². The van der Waals surface area contributed by atoms with Gasteiger partial charge >= 0.3 is 0 Å². The number of methoxy groups -OCH3 is 1. The molecule has 3 amide bonds. The molecule has 0 radical (unpaired) electrons. The summed E-state index contributed by atoms with van der Waals surface area (Å²) in [6.07, 6.45) is 4.77. The van der Waals surface area contributed by atoms with Crippen LogP contribution in [-0.4, -0.2) is 65.4 Å². The van der Waals surface area contributed by atoms with Gasteiger partial charge in [0.1, 0.15) is 5.69 Å². The van der Waals surface area contributed by atoms with E-state index in [0.717, 1.165) is 12.1 Å². The second-order valence-corrected chi connectivity index (χ2v) is 9.06. The van der Waals surface area contributed by atoms with Crippen LogP contribution in [-0.2, 0) is 9.53 Å². The summed E-state index contributed by atoms with van der Waals surface area (Å²) in [4.78, 5) is 48.5. The number of ether oxygens (including phenoxy) is 1. The van der Waals surface area contributed by atoms with Gasteiger partial charge in [-0.3, -0.25) is 14.4 Å². The third-order valence-corrected chi connectivity index (χ3v) is 7.21. The lowest BCUT2D eigenvalue weighted by Gasteiger charge is -2.40. The highest BCUT2D eigenvalue weighted by atomic mass is 35.5. The number of aromatic nitrogens is 2. The summed E-state index contributed by atoms with van der Waals surface area (Å²) in [5.41, 5.74) is 5.70. The molecule has 0 atom stereocenters. The number of nitrogens with two attached hydrogens (primary N) is 1. The van der Waals surface area contributed by atoms with Crippen LogP contribution in [0.2, 0.25) is 5.02 Å². The normalized spacial score (nSPS) is 22.7. The summed E-state index contributed by atoms with van der Waals surface area (Å²) in [6, 6.07) is 7.32. The third-order valence-electron chi connectivity index (χ3n) is 6.89. The number of amides is 3. The van der Waals surface area contributed by atoms with Gasteiger partial charge in [0, 0.05) is 26.2 Å². The first kappa shape index (κ1) is 23.3. The zero-order chi connectivity index (χ0) is 23.6. The summed E-state index contributed by atoms with van der Waals surface area (Å²) in [7, 11) is 1.57. The average molecular weight is 474 g/mol. The van der Waals surface area contributed by atoms with Gasteiger partial charge in [-0.15, -0.1) is 0 Å². The molecule has 176 valence electrons. The van der Waals surface area contributed by atoms with Crippen molar-refractivity contribution in [3.8, 4) is 0 Å². The number of carbonyl (C=O) groups is 3. The molecule has 9 nitrogen and oxygen atoms in total. The minimum absolute atomic E-state index is 0.0731. The quantitative estimate of drug-likeness (QED) is 0.640. The minimum atomic E-state index is -0.759. The second kappa shape index (κ2) is 9.52. The maximum Gasteiger partial charge on any atom is 0.273 e. The molecule has 4 rings (SSSR count). The highest BCUT2D eigenvalue weighted by Crippen LogP contribution is 2.47. The predicted octanol–water partition coefficient (Wildman–Crippen LogP) is 2.62. The number of aromatic amines is 1. The number of nitrogens with one attached hydrogen (secondary N) is 1. The molecule has 33 heavy (non-hydrogen) atoms. The number of carbonyl (C=O) groups excluding carboxylic acids is 3. The van der Waals surface area contributed by atoms with Crippen molar-refractivity contribution in [3.05, 3.63) is 47.0 Å². The maximum atomic E-state index is 13.4. The third kappa shape index (κ3) is 4.35. The van der Waals surface area contributed by atoms with E-state index in [-0.39, 0.29) is 29.2 Å². The van der Waals surface area contributed by atoms with Gasteiger partial charge in [0.2, 0.25) is 5.91 Å². The Morgan fingerprint density at radius 3 is 2.70 bits per heavy atom. The molecule has 1 aromatic carbocycles. The molecule has 1 saturated heterocycles. The van der Waals surface area contributed by atoms with Crippen molar-refractivity contribution >= 4 is 35.0 Å². The van der Waals surface area contributed by atoms with E-state index in [1.54, 1.807) is 23.0 Å². The molecule has 0 bridgehead atoms. The van der Waals surface area contributed by atoms with Crippen molar-refractivity contribution in [2.75, 3.05) is 31.7 Å². The Kier molecular flexibility index (Phi) is 6.71. The van der Waals surface area contributed by atoms with Crippen LogP contribution in [0.5, 0.6) is 0 Å². The molecule has 3 N–H and O–H groups in total. The van der Waals surface area contributed by atoms with Crippen molar-refractivity contribution in [2.24, 2.45) is 11.1 Å². The van der Waals surface area contributed by atoms with Gasteiger partial charge in [-0.1, -0.05) is 23.7 Å². The van der Waals surface area contributed by atoms with Gasteiger partial charge in [0.05, 0.1) is 29.1 Å². The number of halogens is 1. The Bertz CT molecular complexity index is 1050. The molecule has 1 aliphatic carbocycles. The van der Waals surface area contributed by atoms with E-state index in [1.165, 1.54) is 6.33 Å². The minimum Gasteiger partial charge on any atom is -0.383 e. The highest BCUT2D eigenvalue weighted by molar-refractivity contribution is 6.34. The fourth-order valence-electron chi connectivity index (χ4n) is 5.08. The van der Waals surface area contributed by atoms with E-state index in [1.807, 2.05) is 18.2 Å². The van der Waals surface area contributed by atoms with Crippen LogP contribution < -0.4 is 10.6 Å². The second-order valence-electron chi connectivity index (χ2n) is 8.65. The first-order valence-electron chi connectivity index (χ1n) is 11.1. The summed E-state index contributed by atoms with van der Waals surface area (Å²) in [6.45, 7) is 1.35. The number of nitrogens with zero attached hydrogens (tertiary/aromatic N) is 3. The first-order valence-corrected chi connectivity index (χ1v) is 11.5. The van der Waals surface area contributed by atoms with E-state index < -0.39 is 11.3 Å². The average Bonchev–Trinajstić information content (AvgIpc) is 3.42. The molecule has 1 aliphatic heterocycles. The van der Waals surface area contributed by atoms with Crippen LogP contribution >= 0.6 is 11.6 Å². The van der Waals surface area contributed by atoms with Crippen molar-refractivity contribution < 1.29 is 19.1 Å². The Labute approximate surface area is 197 Å². The number of hydrogen-bond acceptors (Lipinski definition) is 5. The van der Waals surface area contributed by atoms with Gasteiger partial charge in [-0.2, -0.15) is 0 Å². The molecule has 2 aromatic rings. The number of primary amides is 1. The van der Waals surface area contributed by atoms with Gasteiger partial charge in [-0.05, 0) is 44.2 Å². The van der Waals surface area contributed by atoms with E-state index in [9.17, 15) is 14.4 Å². The van der Waals surface area contributed by atoms with E-state index in [2.05, 4.69) is 9.97 Å². The predicted molar refractivity (Wildman–Crippen MR) is 123 cm³/mol. The zero-order valence-electron chi connectivity index (χ0n) is 18.6. The largest absolute Gasteiger partial charge is 0.383 e. The SMILES string of the molecule is COCCN(C(=O)c1[nH]cnc1C(N)=O)C1CCC2(CC1)CCN(c1ccccc1Cl)C2=O. The first-order chi connectivity index (χ1) is 15.9. The molecule has 2 fully saturated rings. The molecule has 1 spiro atoms. The summed E-state index contributed by atoms with van der Waals surface area (Å²) in [5, 5.41) is 0.567. The van der Waals surface area contributed by atoms with Crippen LogP contribution in [0.15, 0.2) is 30.6 Å². The summed E-state index contributed by atoms with van der Waals surface area (Å²) < 4.78 is 5.21. The van der Waals surface area contributed by atoms with Crippen LogP contribution in [0, 0.1) is 5.41 Å². The number of imidazole rings is 1. The zero-order valence-corrected chi connectivity index (χ0v) is 19.3. The number of anilines is 1. The molecule has 1 aromatic heterocycles. The number of hydrogen-bond donors (Lipinski definition) is 2. The van der Waals surface area contributed by atoms with E-state index >= 15 is 0 Å². The molecule has 0 unspecified atom stereocenters. The number of rotatable bonds is 7. The Morgan fingerprint density at radius 1 is 1.30 bits per heavy atom. The lowest BCUT2D eigenvalue weighted by atomic mass is 9.71. The maximum absolute atomic E-state index is 13.4. The Morgan fingerprint density at radius 2 is 2.03 bits per heavy atom. The van der Waals surface area contributed by atoms with E-state index in [0.29, 0.717) is 50.4 Å². The van der Waals surface area contributed by atoms with Gasteiger partial charge in [0.25, 0.3) is 11.8 Å². The molecule has 2 heterocycles. The highest BCUT2D eigenvalue weighted by Gasteiger charge is 2.50. The Balaban J connectivity index is 1.49. The number of H-pyrrole nitrogens is 1. The van der Waals surface area contributed by atoms with Crippen molar-refractivity contribution in [1.82, 2.24) is 14.9 Å². The van der Waals surface area contributed by atoms with Gasteiger partial charge in [0.15, 0.2) is 5.69 Å². The fourth-order valence-corrected chi connectivity index (χ4v) is 5.32. The van der Waals surface area contributed by atoms with Crippen molar-refractivity contribution in [3.63, 3.8) is 0 Å². The Hall–Kier alpha value is -2.91. The van der Waals surface area contributed by atoms with Crippen LogP contribution in [0.4, 0.5) is 5.69 Å². The van der Waals surface area contributed by atoms with Crippen molar-refractivity contribution in [2.45, 2.75) is 38.1 Å². The summed E-state index contributed by atoms with van der Waals surface area (Å²) in [5.74, 6) is -0.992. The fraction of sp³-hybridized carbons (Fsp3) is 0.478. The molecule has 1 saturated carbocycles. The number of benzene rings is 1. The van der Waals surface area contributed by atoms with Crippen molar-refractivity contribution in [1.29, 1.82) is 0 Å². The molecular weight excluding hydrogens is 446 g/mol. The van der Waals surface area contributed by atoms with Crippen LogP contribution in [0.25, 0.3) is 0 Å². The monoisotopic (exact) mass is 473 g/mol. The molecule has 2 aliphatic rings. The lowest BCUT2D eigenvalue weighted by molar-refractivity contribution is -0.127. The summed E-state index contributed by atoms with van der Waals surface area (Å²) >= 11 is 6.34. The standard InChI is InChI=1S/C23H28ClN5O4/c1-33-13-12-28(21(31)19-18(20(25)30)26-14-27-19)15-6-8-23(9-7-15)10-11-29(22(23)32)17-5-3-2-4-16(17)24/h2-5,14-15H,6-13H2,1H3,(H2,25,30)(H,26,27).